The van der Waals surface area contributed by atoms with Crippen LogP contribution in [0.25, 0.3) is 10.2 Å². The number of hydrogen-bond donors (Lipinski definition) is 4. The average Bonchev–Trinajstić information content (AvgIpc) is 3.18. The quantitative estimate of drug-likeness (QED) is 0.333. The van der Waals surface area contributed by atoms with E-state index in [1.165, 1.54) is 6.07 Å². The number of aromatic amines is 1. The van der Waals surface area contributed by atoms with Gasteiger partial charge in [-0.3, -0.25) is 14.9 Å². The van der Waals surface area contributed by atoms with Gasteiger partial charge >= 0.3 is 4.87 Å². The van der Waals surface area contributed by atoms with E-state index in [1.807, 2.05) is 44.2 Å². The number of aromatic hydroxyl groups is 1. The molecule has 2 atom stereocenters. The van der Waals surface area contributed by atoms with Crippen LogP contribution in [0.3, 0.4) is 0 Å². The third-order valence-corrected chi connectivity index (χ3v) is 6.40. The number of nitrogens with one attached hydrogen (secondary N) is 3. The summed E-state index contributed by atoms with van der Waals surface area (Å²) in [6, 6.07) is 13.2. The molecule has 1 aromatic heterocycles. The molecule has 0 aliphatic heterocycles. The Morgan fingerprint density at radius 1 is 1.22 bits per heavy atom. The van der Waals surface area contributed by atoms with Gasteiger partial charge in [0, 0.05) is 7.05 Å². The second kappa shape index (κ2) is 11.5. The van der Waals surface area contributed by atoms with Crippen molar-refractivity contribution in [1.29, 1.82) is 0 Å². The van der Waals surface area contributed by atoms with E-state index in [0.29, 0.717) is 41.8 Å². The van der Waals surface area contributed by atoms with Crippen molar-refractivity contribution in [3.63, 3.8) is 0 Å². The minimum absolute atomic E-state index is 0. The van der Waals surface area contributed by atoms with Gasteiger partial charge in [0.15, 0.2) is 0 Å². The first-order valence-electron chi connectivity index (χ1n) is 10.4. The third kappa shape index (κ3) is 5.32. The van der Waals surface area contributed by atoms with Gasteiger partial charge in [-0.15, -0.1) is 12.4 Å². The number of thiazole rings is 1. The van der Waals surface area contributed by atoms with Crippen molar-refractivity contribution >= 4 is 39.9 Å². The van der Waals surface area contributed by atoms with Gasteiger partial charge in [0.2, 0.25) is 5.91 Å². The highest BCUT2D eigenvalue weighted by Gasteiger charge is 2.44. The molecule has 4 N–H and O–H groups in total. The second-order valence-electron chi connectivity index (χ2n) is 7.30. The Bertz CT molecular complexity index is 1090. The van der Waals surface area contributed by atoms with Gasteiger partial charge in [-0.25, -0.2) is 0 Å². The minimum Gasteiger partial charge on any atom is -0.506 e. The molecule has 0 saturated heterocycles. The molecule has 0 saturated carbocycles. The number of aromatic nitrogens is 1. The van der Waals surface area contributed by atoms with E-state index in [-0.39, 0.29) is 28.9 Å². The van der Waals surface area contributed by atoms with Crippen molar-refractivity contribution in [3.05, 3.63) is 63.3 Å². The normalized spacial score (nSPS) is 13.8. The molecule has 9 heteroatoms. The fraction of sp³-hybridized carbons (Fsp3) is 0.391. The monoisotopic (exact) mass is 479 g/mol. The van der Waals surface area contributed by atoms with Crippen LogP contribution in [-0.4, -0.2) is 41.9 Å². The predicted octanol–water partition coefficient (Wildman–Crippen LogP) is 3.52. The summed E-state index contributed by atoms with van der Waals surface area (Å²) in [7, 11) is 1.59. The molecule has 3 aromatic rings. The lowest BCUT2D eigenvalue weighted by Gasteiger charge is -2.40. The first-order valence-corrected chi connectivity index (χ1v) is 11.3. The Hall–Kier alpha value is -2.39. The SMILES string of the molecule is CCNC(CC)(OCCc1ccccc1)C(C(=O)NC)c1ccc(O)c2[nH]c(=O)sc12.Cl. The summed E-state index contributed by atoms with van der Waals surface area (Å²) in [5, 5.41) is 16.4. The topological polar surface area (TPSA) is 103 Å². The van der Waals surface area contributed by atoms with Crippen LogP contribution in [0.4, 0.5) is 0 Å². The van der Waals surface area contributed by atoms with Gasteiger partial charge in [0.05, 0.1) is 11.3 Å². The number of benzene rings is 2. The number of rotatable bonds is 10. The first-order chi connectivity index (χ1) is 15.0. The van der Waals surface area contributed by atoms with Crippen molar-refractivity contribution in [2.45, 2.75) is 38.3 Å². The van der Waals surface area contributed by atoms with Crippen molar-refractivity contribution in [2.75, 3.05) is 20.2 Å². The van der Waals surface area contributed by atoms with Crippen molar-refractivity contribution in [1.82, 2.24) is 15.6 Å². The number of phenols is 1. The standard InChI is InChI=1S/C23H29N3O4S.ClH/c1-4-23(25-5-2,30-14-13-15-9-7-6-8-10-15)18(21(28)24-3)16-11-12-17(27)19-20(16)31-22(29)26-19;/h6-12,18,25,27H,4-5,13-14H2,1-3H3,(H,24,28)(H,26,29);1H. The summed E-state index contributed by atoms with van der Waals surface area (Å²) in [6.07, 6.45) is 1.23. The van der Waals surface area contributed by atoms with Crippen LogP contribution in [0, 0.1) is 0 Å². The highest BCUT2D eigenvalue weighted by molar-refractivity contribution is 7.16. The smallest absolute Gasteiger partial charge is 0.305 e. The molecular weight excluding hydrogens is 450 g/mol. The van der Waals surface area contributed by atoms with Crippen LogP contribution < -0.4 is 15.5 Å². The van der Waals surface area contributed by atoms with Crippen LogP contribution >= 0.6 is 23.7 Å². The summed E-state index contributed by atoms with van der Waals surface area (Å²) >= 11 is 0.980. The fourth-order valence-corrected chi connectivity index (χ4v) is 4.88. The lowest BCUT2D eigenvalue weighted by molar-refractivity contribution is -0.138. The molecule has 3 rings (SSSR count). The van der Waals surface area contributed by atoms with Gasteiger partial charge in [-0.2, -0.15) is 0 Å². The molecule has 0 aliphatic rings. The molecule has 0 fully saturated rings. The van der Waals surface area contributed by atoms with Crippen molar-refractivity contribution < 1.29 is 14.6 Å². The van der Waals surface area contributed by atoms with E-state index in [0.717, 1.165) is 16.9 Å². The Kier molecular flexibility index (Phi) is 9.27. The van der Waals surface area contributed by atoms with E-state index in [4.69, 9.17) is 4.74 Å². The van der Waals surface area contributed by atoms with Crippen molar-refractivity contribution in [2.24, 2.45) is 0 Å². The zero-order valence-corrected chi connectivity index (χ0v) is 20.1. The highest BCUT2D eigenvalue weighted by atomic mass is 35.5. The number of phenolic OH excluding ortho intramolecular Hbond substituents is 1. The lowest BCUT2D eigenvalue weighted by Crippen LogP contribution is -2.56. The molecule has 7 nitrogen and oxygen atoms in total. The van der Waals surface area contributed by atoms with E-state index < -0.39 is 11.6 Å². The molecule has 32 heavy (non-hydrogen) atoms. The second-order valence-corrected chi connectivity index (χ2v) is 8.28. The van der Waals surface area contributed by atoms with Crippen LogP contribution in [0.5, 0.6) is 5.75 Å². The minimum atomic E-state index is -0.986. The van der Waals surface area contributed by atoms with Gasteiger partial charge in [0.1, 0.15) is 22.9 Å². The molecule has 1 amide bonds. The van der Waals surface area contributed by atoms with Crippen LogP contribution in [0.15, 0.2) is 47.3 Å². The molecule has 0 aliphatic carbocycles. The van der Waals surface area contributed by atoms with Gasteiger partial charge in [0.25, 0.3) is 0 Å². The number of carbonyl (C=O) groups excluding carboxylic acids is 1. The van der Waals surface area contributed by atoms with Gasteiger partial charge in [-0.1, -0.05) is 61.6 Å². The highest BCUT2D eigenvalue weighted by Crippen LogP contribution is 2.39. The maximum atomic E-state index is 13.2. The summed E-state index contributed by atoms with van der Waals surface area (Å²) in [5.74, 6) is -0.980. The largest absolute Gasteiger partial charge is 0.506 e. The number of halogens is 1. The molecule has 1 heterocycles. The zero-order chi connectivity index (χ0) is 22.4. The van der Waals surface area contributed by atoms with Gasteiger partial charge in [-0.05, 0) is 36.6 Å². The Balaban J connectivity index is 0.00000363. The number of hydrogen-bond acceptors (Lipinski definition) is 6. The number of likely N-dealkylation sites (N-methyl/N-ethyl adjacent to an activating group) is 2. The molecule has 2 aromatic carbocycles. The Morgan fingerprint density at radius 3 is 2.56 bits per heavy atom. The summed E-state index contributed by atoms with van der Waals surface area (Å²) in [5.41, 5.74) is 1.14. The molecule has 0 bridgehead atoms. The van der Waals surface area contributed by atoms with Crippen LogP contribution in [0.2, 0.25) is 0 Å². The number of amides is 1. The van der Waals surface area contributed by atoms with E-state index in [2.05, 4.69) is 15.6 Å². The lowest BCUT2D eigenvalue weighted by atomic mass is 9.84. The van der Waals surface area contributed by atoms with E-state index >= 15 is 0 Å². The summed E-state index contributed by atoms with van der Waals surface area (Å²) < 4.78 is 6.99. The molecule has 0 radical (unpaired) electrons. The Morgan fingerprint density at radius 2 is 1.94 bits per heavy atom. The van der Waals surface area contributed by atoms with E-state index in [9.17, 15) is 14.7 Å². The maximum absolute atomic E-state index is 13.2. The first kappa shape index (κ1) is 25.9. The molecular formula is C23H30ClN3O4S. The summed E-state index contributed by atoms with van der Waals surface area (Å²) in [4.78, 5) is 27.6. The average molecular weight is 480 g/mol. The summed E-state index contributed by atoms with van der Waals surface area (Å²) in [6.45, 7) is 4.95. The van der Waals surface area contributed by atoms with Crippen LogP contribution in [0.1, 0.15) is 37.3 Å². The third-order valence-electron chi connectivity index (χ3n) is 5.47. The molecule has 174 valence electrons. The maximum Gasteiger partial charge on any atom is 0.305 e. The number of H-pyrrole nitrogens is 1. The molecule has 2 unspecified atom stereocenters. The van der Waals surface area contributed by atoms with Crippen molar-refractivity contribution in [3.8, 4) is 5.75 Å². The van der Waals surface area contributed by atoms with E-state index in [1.54, 1.807) is 13.1 Å². The Labute approximate surface area is 197 Å². The fourth-order valence-electron chi connectivity index (χ4n) is 3.98. The number of ether oxygens (including phenoxy) is 1. The number of fused-ring (bicyclic) bond motifs is 1. The molecule has 0 spiro atoms. The predicted molar refractivity (Wildman–Crippen MR) is 131 cm³/mol. The van der Waals surface area contributed by atoms with Gasteiger partial charge < -0.3 is 20.1 Å². The van der Waals surface area contributed by atoms with Crippen LogP contribution in [-0.2, 0) is 16.0 Å². The number of carbonyl (C=O) groups is 1. The zero-order valence-electron chi connectivity index (χ0n) is 18.4.